The minimum atomic E-state index is -0.756. The van der Waals surface area contributed by atoms with Crippen LogP contribution in [-0.2, 0) is 11.2 Å². The summed E-state index contributed by atoms with van der Waals surface area (Å²) in [7, 11) is 0. The number of amides is 1. The van der Waals surface area contributed by atoms with Crippen LogP contribution >= 0.6 is 0 Å². The smallest absolute Gasteiger partial charge is 0.235 e. The largest absolute Gasteiger partial charge is 0.323 e. The third-order valence-electron chi connectivity index (χ3n) is 4.00. The molecule has 1 N–H and O–H groups in total. The second-order valence-electron chi connectivity index (χ2n) is 5.90. The second-order valence-corrected chi connectivity index (χ2v) is 5.90. The lowest BCUT2D eigenvalue weighted by Gasteiger charge is -2.08. The van der Waals surface area contributed by atoms with E-state index in [1.807, 2.05) is 25.3 Å². The highest BCUT2D eigenvalue weighted by molar-refractivity contribution is 5.91. The molecule has 0 aliphatic carbocycles. The number of nitrogens with one attached hydrogen (secondary N) is 1. The van der Waals surface area contributed by atoms with Crippen LogP contribution in [0.15, 0.2) is 30.6 Å². The molecule has 0 aliphatic rings. The van der Waals surface area contributed by atoms with E-state index in [1.54, 1.807) is 0 Å². The molecule has 0 spiro atoms. The van der Waals surface area contributed by atoms with Crippen molar-refractivity contribution in [2.75, 3.05) is 5.32 Å². The van der Waals surface area contributed by atoms with E-state index in [4.69, 9.17) is 0 Å². The van der Waals surface area contributed by atoms with E-state index in [9.17, 15) is 13.6 Å². The minimum absolute atomic E-state index is 0.113. The number of carbonyl (C=O) groups is 1. The van der Waals surface area contributed by atoms with Crippen LogP contribution in [0.4, 0.5) is 14.5 Å². The van der Waals surface area contributed by atoms with Gasteiger partial charge in [0.25, 0.3) is 0 Å². The molecule has 2 heterocycles. The van der Waals surface area contributed by atoms with Gasteiger partial charge in [0.1, 0.15) is 17.5 Å². The van der Waals surface area contributed by atoms with Crippen molar-refractivity contribution in [3.05, 3.63) is 65.0 Å². The van der Waals surface area contributed by atoms with Crippen molar-refractivity contribution >= 4 is 11.6 Å². The zero-order valence-corrected chi connectivity index (χ0v) is 14.5. The first-order valence-electron chi connectivity index (χ1n) is 7.94. The number of halogens is 2. The van der Waals surface area contributed by atoms with Gasteiger partial charge in [-0.2, -0.15) is 0 Å². The van der Waals surface area contributed by atoms with Crippen LogP contribution in [0.1, 0.15) is 22.8 Å². The van der Waals surface area contributed by atoms with Gasteiger partial charge in [0.05, 0.1) is 30.2 Å². The highest BCUT2D eigenvalue weighted by Crippen LogP contribution is 2.15. The van der Waals surface area contributed by atoms with Crippen LogP contribution in [-0.4, -0.2) is 25.4 Å². The Bertz CT molecular complexity index is 966. The first-order chi connectivity index (χ1) is 12.3. The van der Waals surface area contributed by atoms with E-state index in [-0.39, 0.29) is 12.0 Å². The molecule has 1 aromatic carbocycles. The summed E-state index contributed by atoms with van der Waals surface area (Å²) in [6.45, 7) is 5.68. The van der Waals surface area contributed by atoms with Gasteiger partial charge < -0.3 is 5.32 Å². The van der Waals surface area contributed by atoms with E-state index < -0.39 is 17.5 Å². The van der Waals surface area contributed by atoms with Gasteiger partial charge in [-0.05, 0) is 32.4 Å². The third kappa shape index (κ3) is 3.58. The zero-order chi connectivity index (χ0) is 18.8. The summed E-state index contributed by atoms with van der Waals surface area (Å²) in [5, 5.41) is 2.60. The molecule has 3 aromatic rings. The Morgan fingerprint density at radius 2 is 1.85 bits per heavy atom. The Labute approximate surface area is 148 Å². The van der Waals surface area contributed by atoms with Gasteiger partial charge in [-0.15, -0.1) is 0 Å². The molecule has 0 saturated heterocycles. The molecule has 2 aromatic heterocycles. The van der Waals surface area contributed by atoms with Gasteiger partial charge in [-0.25, -0.2) is 23.7 Å². The average Bonchev–Trinajstić information content (AvgIpc) is 2.84. The highest BCUT2D eigenvalue weighted by atomic mass is 19.1. The number of aryl methyl sites for hydroxylation is 2. The van der Waals surface area contributed by atoms with Gasteiger partial charge in [0, 0.05) is 11.8 Å². The van der Waals surface area contributed by atoms with Gasteiger partial charge in [0.2, 0.25) is 11.9 Å². The number of nitrogens with zero attached hydrogens (tertiary/aromatic N) is 4. The highest BCUT2D eigenvalue weighted by Gasteiger charge is 2.13. The minimum Gasteiger partial charge on any atom is -0.323 e. The number of anilines is 1. The molecule has 0 fully saturated rings. The number of benzene rings is 1. The van der Waals surface area contributed by atoms with E-state index in [2.05, 4.69) is 20.3 Å². The van der Waals surface area contributed by atoms with Crippen molar-refractivity contribution in [1.82, 2.24) is 19.5 Å². The molecular weight excluding hydrogens is 340 g/mol. The van der Waals surface area contributed by atoms with Crippen molar-refractivity contribution in [1.29, 1.82) is 0 Å². The van der Waals surface area contributed by atoms with Crippen LogP contribution in [0.2, 0.25) is 0 Å². The van der Waals surface area contributed by atoms with Crippen molar-refractivity contribution in [3.63, 3.8) is 0 Å². The Hall–Kier alpha value is -3.16. The summed E-state index contributed by atoms with van der Waals surface area (Å²) >= 11 is 0. The number of imidazole rings is 1. The van der Waals surface area contributed by atoms with Crippen molar-refractivity contribution < 1.29 is 13.6 Å². The standard InChI is InChI=1S/C18H17F2N5O/c1-10-11(2)25(12(3)23-10)18-21-8-15(9-22-18)24-17(26)6-13-4-5-14(19)7-16(13)20/h4-5,7-9H,6H2,1-3H3,(H,24,26). The normalized spacial score (nSPS) is 10.8. The number of rotatable bonds is 4. The van der Waals surface area contributed by atoms with Gasteiger partial charge in [-0.1, -0.05) is 6.07 Å². The molecule has 8 heteroatoms. The molecule has 26 heavy (non-hydrogen) atoms. The summed E-state index contributed by atoms with van der Waals surface area (Å²) in [6, 6.07) is 3.11. The van der Waals surface area contributed by atoms with Crippen molar-refractivity contribution in [3.8, 4) is 5.95 Å². The van der Waals surface area contributed by atoms with Gasteiger partial charge in [-0.3, -0.25) is 9.36 Å². The molecule has 1 amide bonds. The lowest BCUT2D eigenvalue weighted by Crippen LogP contribution is -2.16. The number of hydrogen-bond acceptors (Lipinski definition) is 4. The predicted molar refractivity (Wildman–Crippen MR) is 92.1 cm³/mol. The van der Waals surface area contributed by atoms with Gasteiger partial charge in [0.15, 0.2) is 0 Å². The molecule has 0 aliphatic heterocycles. The molecule has 0 bridgehead atoms. The predicted octanol–water partition coefficient (Wildman–Crippen LogP) is 3.05. The molecular formula is C18H17F2N5O. The maximum Gasteiger partial charge on any atom is 0.235 e. The molecule has 0 atom stereocenters. The first-order valence-corrected chi connectivity index (χ1v) is 7.94. The molecule has 6 nitrogen and oxygen atoms in total. The Kier molecular flexibility index (Phi) is 4.75. The third-order valence-corrected chi connectivity index (χ3v) is 4.00. The summed E-state index contributed by atoms with van der Waals surface area (Å²) in [5.41, 5.74) is 2.32. The topological polar surface area (TPSA) is 72.7 Å². The van der Waals surface area contributed by atoms with E-state index in [0.717, 1.165) is 29.3 Å². The van der Waals surface area contributed by atoms with Crippen LogP contribution < -0.4 is 5.32 Å². The molecule has 134 valence electrons. The summed E-state index contributed by atoms with van der Waals surface area (Å²) in [4.78, 5) is 24.9. The summed E-state index contributed by atoms with van der Waals surface area (Å²) in [5.74, 6) is -0.673. The Balaban J connectivity index is 1.72. The monoisotopic (exact) mass is 357 g/mol. The van der Waals surface area contributed by atoms with E-state index in [0.29, 0.717) is 11.6 Å². The number of aromatic nitrogens is 4. The van der Waals surface area contributed by atoms with Crippen molar-refractivity contribution in [2.45, 2.75) is 27.2 Å². The fraction of sp³-hybridized carbons (Fsp3) is 0.222. The number of carbonyl (C=O) groups excluding carboxylic acids is 1. The Morgan fingerprint density at radius 3 is 2.42 bits per heavy atom. The maximum absolute atomic E-state index is 13.6. The molecule has 3 rings (SSSR count). The first kappa shape index (κ1) is 17.7. The lowest BCUT2D eigenvalue weighted by atomic mass is 10.1. The fourth-order valence-electron chi connectivity index (χ4n) is 2.62. The Morgan fingerprint density at radius 1 is 1.15 bits per heavy atom. The van der Waals surface area contributed by atoms with E-state index in [1.165, 1.54) is 18.5 Å². The average molecular weight is 357 g/mol. The molecule has 0 radical (unpaired) electrons. The summed E-state index contributed by atoms with van der Waals surface area (Å²) < 4.78 is 28.3. The zero-order valence-electron chi connectivity index (χ0n) is 14.5. The second kappa shape index (κ2) is 6.99. The quantitative estimate of drug-likeness (QED) is 0.779. The van der Waals surface area contributed by atoms with Crippen LogP contribution in [0.5, 0.6) is 0 Å². The molecule has 0 unspecified atom stereocenters. The van der Waals surface area contributed by atoms with E-state index >= 15 is 0 Å². The van der Waals surface area contributed by atoms with Crippen LogP contribution in [0.25, 0.3) is 5.95 Å². The number of hydrogen-bond donors (Lipinski definition) is 1. The maximum atomic E-state index is 13.6. The van der Waals surface area contributed by atoms with Crippen LogP contribution in [0, 0.1) is 32.4 Å². The van der Waals surface area contributed by atoms with Crippen molar-refractivity contribution in [2.24, 2.45) is 0 Å². The SMILES string of the molecule is Cc1nc(C)n(-c2ncc(NC(=O)Cc3ccc(F)cc3F)cn2)c1C. The summed E-state index contributed by atoms with van der Waals surface area (Å²) in [6.07, 6.45) is 2.72. The fourth-order valence-corrected chi connectivity index (χ4v) is 2.62. The lowest BCUT2D eigenvalue weighted by molar-refractivity contribution is -0.115. The van der Waals surface area contributed by atoms with Gasteiger partial charge >= 0.3 is 0 Å². The van der Waals surface area contributed by atoms with Crippen LogP contribution in [0.3, 0.4) is 0 Å². The molecule has 0 saturated carbocycles.